The van der Waals surface area contributed by atoms with Crippen LogP contribution in [-0.2, 0) is 16.6 Å². The summed E-state index contributed by atoms with van der Waals surface area (Å²) in [6, 6.07) is 14.0. The van der Waals surface area contributed by atoms with Crippen molar-refractivity contribution >= 4 is 48.5 Å². The maximum Gasteiger partial charge on any atom is 0.222 e. The number of nitrogens with zero attached hydrogens (tertiary/aromatic N) is 1. The predicted molar refractivity (Wildman–Crippen MR) is 105 cm³/mol. The summed E-state index contributed by atoms with van der Waals surface area (Å²) in [5, 5.41) is -0.566. The summed E-state index contributed by atoms with van der Waals surface area (Å²) < 4.78 is 42.2. The standard InChI is InChI=1S/C17H16BrFINO2S/c18-14-7-6-13(15(19)10-14)11-21-17(20)9-8-16(24(21,22)23)12-4-2-1-3-5-12/h1-7,10,16-17H,8-9,11H2/t16-,17-/m1/s1. The number of hydrogen-bond acceptors (Lipinski definition) is 2. The lowest BCUT2D eigenvalue weighted by Gasteiger charge is -2.36. The van der Waals surface area contributed by atoms with Gasteiger partial charge in [-0.05, 0) is 30.5 Å². The molecule has 1 saturated heterocycles. The van der Waals surface area contributed by atoms with Gasteiger partial charge in [0.05, 0.1) is 4.05 Å². The molecule has 0 radical (unpaired) electrons. The van der Waals surface area contributed by atoms with Gasteiger partial charge in [-0.15, -0.1) is 0 Å². The van der Waals surface area contributed by atoms with E-state index >= 15 is 0 Å². The van der Waals surface area contributed by atoms with Crippen molar-refractivity contribution in [1.29, 1.82) is 0 Å². The Labute approximate surface area is 163 Å². The summed E-state index contributed by atoms with van der Waals surface area (Å²) in [6.07, 6.45) is 1.33. The van der Waals surface area contributed by atoms with E-state index < -0.39 is 21.1 Å². The van der Waals surface area contributed by atoms with E-state index in [0.717, 1.165) is 12.0 Å². The normalized spacial score (nSPS) is 24.0. The van der Waals surface area contributed by atoms with Gasteiger partial charge in [-0.25, -0.2) is 12.8 Å². The van der Waals surface area contributed by atoms with Crippen LogP contribution < -0.4 is 0 Å². The molecule has 128 valence electrons. The van der Waals surface area contributed by atoms with Crippen molar-refractivity contribution in [3.8, 4) is 0 Å². The van der Waals surface area contributed by atoms with Gasteiger partial charge in [-0.3, -0.25) is 0 Å². The van der Waals surface area contributed by atoms with Gasteiger partial charge >= 0.3 is 0 Å². The minimum Gasteiger partial charge on any atom is -0.212 e. The molecular formula is C17H16BrFINO2S. The summed E-state index contributed by atoms with van der Waals surface area (Å²) in [4.78, 5) is 0. The molecule has 3 rings (SSSR count). The van der Waals surface area contributed by atoms with Gasteiger partial charge in [0.15, 0.2) is 0 Å². The van der Waals surface area contributed by atoms with Gasteiger partial charge in [0.25, 0.3) is 0 Å². The first-order valence-electron chi connectivity index (χ1n) is 7.53. The van der Waals surface area contributed by atoms with Crippen molar-refractivity contribution < 1.29 is 12.8 Å². The average molecular weight is 524 g/mol. The number of halogens is 3. The van der Waals surface area contributed by atoms with E-state index in [1.807, 2.05) is 30.3 Å². The summed E-state index contributed by atoms with van der Waals surface area (Å²) in [6.45, 7) is 0.0540. The molecule has 1 heterocycles. The van der Waals surface area contributed by atoms with E-state index in [2.05, 4.69) is 38.5 Å². The van der Waals surface area contributed by atoms with Crippen molar-refractivity contribution in [2.45, 2.75) is 28.7 Å². The quantitative estimate of drug-likeness (QED) is 0.322. The van der Waals surface area contributed by atoms with Crippen molar-refractivity contribution in [3.63, 3.8) is 0 Å². The Balaban J connectivity index is 1.93. The van der Waals surface area contributed by atoms with Gasteiger partial charge in [0.2, 0.25) is 10.0 Å². The molecule has 24 heavy (non-hydrogen) atoms. The first-order chi connectivity index (χ1) is 11.4. The SMILES string of the molecule is O=S1(=O)[C@@H](c2ccccc2)CC[C@H](I)N1Cc1ccc(Br)cc1F. The third-order valence-electron chi connectivity index (χ3n) is 4.18. The Morgan fingerprint density at radius 1 is 1.17 bits per heavy atom. The smallest absolute Gasteiger partial charge is 0.212 e. The van der Waals surface area contributed by atoms with Crippen LogP contribution in [0.2, 0.25) is 0 Å². The van der Waals surface area contributed by atoms with Gasteiger partial charge in [0, 0.05) is 16.6 Å². The fourth-order valence-corrected chi connectivity index (χ4v) is 6.76. The third kappa shape index (κ3) is 3.68. The topological polar surface area (TPSA) is 37.4 Å². The zero-order chi connectivity index (χ0) is 17.3. The number of hydrogen-bond donors (Lipinski definition) is 0. The van der Waals surface area contributed by atoms with E-state index in [1.165, 1.54) is 10.4 Å². The van der Waals surface area contributed by atoms with Crippen molar-refractivity contribution in [3.05, 3.63) is 69.9 Å². The summed E-state index contributed by atoms with van der Waals surface area (Å²) in [7, 11) is -3.54. The van der Waals surface area contributed by atoms with Gasteiger partial charge < -0.3 is 0 Å². The molecule has 0 unspecified atom stereocenters. The van der Waals surface area contributed by atoms with Crippen LogP contribution in [0.15, 0.2) is 53.0 Å². The Hall–Kier alpha value is -0.510. The first kappa shape index (κ1) is 18.3. The lowest BCUT2D eigenvalue weighted by molar-refractivity contribution is 0.342. The summed E-state index contributed by atoms with van der Waals surface area (Å²) in [5.74, 6) is -0.398. The van der Waals surface area contributed by atoms with Crippen LogP contribution >= 0.6 is 38.5 Å². The highest BCUT2D eigenvalue weighted by Gasteiger charge is 2.41. The Morgan fingerprint density at radius 3 is 2.54 bits per heavy atom. The van der Waals surface area contributed by atoms with E-state index in [0.29, 0.717) is 16.5 Å². The molecule has 1 aliphatic rings. The van der Waals surface area contributed by atoms with Crippen LogP contribution in [0.4, 0.5) is 4.39 Å². The molecule has 0 aromatic heterocycles. The molecular weight excluding hydrogens is 508 g/mol. The lowest BCUT2D eigenvalue weighted by Crippen LogP contribution is -2.43. The maximum absolute atomic E-state index is 14.2. The average Bonchev–Trinajstić information content (AvgIpc) is 2.53. The molecule has 0 aliphatic carbocycles. The molecule has 0 spiro atoms. The molecule has 2 aromatic carbocycles. The monoisotopic (exact) mass is 523 g/mol. The maximum atomic E-state index is 14.2. The predicted octanol–water partition coefficient (Wildman–Crippen LogP) is 5.02. The van der Waals surface area contributed by atoms with Crippen LogP contribution in [0.3, 0.4) is 0 Å². The highest BCUT2D eigenvalue weighted by Crippen LogP contribution is 2.40. The second-order valence-corrected chi connectivity index (χ2v) is 10.2. The molecule has 0 bridgehead atoms. The van der Waals surface area contributed by atoms with Crippen LogP contribution in [0.5, 0.6) is 0 Å². The second kappa shape index (κ2) is 7.39. The number of benzene rings is 2. The summed E-state index contributed by atoms with van der Waals surface area (Å²) in [5.41, 5.74) is 1.18. The van der Waals surface area contributed by atoms with E-state index in [1.54, 1.807) is 12.1 Å². The zero-order valence-corrected chi connectivity index (χ0v) is 17.3. The van der Waals surface area contributed by atoms with Crippen LogP contribution in [0, 0.1) is 5.82 Å². The summed E-state index contributed by atoms with van der Waals surface area (Å²) >= 11 is 5.36. The molecule has 1 aliphatic heterocycles. The van der Waals surface area contributed by atoms with Gasteiger partial charge in [-0.1, -0.05) is 74.9 Å². The van der Waals surface area contributed by atoms with E-state index in [-0.39, 0.29) is 10.6 Å². The van der Waals surface area contributed by atoms with Crippen LogP contribution in [0.25, 0.3) is 0 Å². The Kier molecular flexibility index (Phi) is 5.63. The fraction of sp³-hybridized carbons (Fsp3) is 0.294. The molecule has 0 amide bonds. The molecule has 0 N–H and O–H groups in total. The second-order valence-electron chi connectivity index (χ2n) is 5.74. The van der Waals surface area contributed by atoms with Crippen molar-refractivity contribution in [2.24, 2.45) is 0 Å². The lowest BCUT2D eigenvalue weighted by atomic mass is 10.1. The molecule has 3 nitrogen and oxygen atoms in total. The Morgan fingerprint density at radius 2 is 1.88 bits per heavy atom. The van der Waals surface area contributed by atoms with Gasteiger partial charge in [-0.2, -0.15) is 4.31 Å². The Bertz CT molecular complexity index is 832. The van der Waals surface area contributed by atoms with Crippen LogP contribution in [0.1, 0.15) is 29.2 Å². The molecule has 1 fully saturated rings. The molecule has 2 atom stereocenters. The molecule has 7 heteroatoms. The minimum atomic E-state index is -3.54. The van der Waals surface area contributed by atoms with Crippen molar-refractivity contribution in [2.75, 3.05) is 0 Å². The molecule has 2 aromatic rings. The minimum absolute atomic E-state index is 0.0540. The first-order valence-corrected chi connectivity index (χ1v) is 11.1. The number of alkyl halides is 1. The van der Waals surface area contributed by atoms with Crippen molar-refractivity contribution in [1.82, 2.24) is 4.31 Å². The van der Waals surface area contributed by atoms with E-state index in [4.69, 9.17) is 0 Å². The van der Waals surface area contributed by atoms with Crippen LogP contribution in [-0.4, -0.2) is 16.8 Å². The number of sulfonamides is 1. The fourth-order valence-electron chi connectivity index (χ4n) is 2.92. The van der Waals surface area contributed by atoms with E-state index in [9.17, 15) is 12.8 Å². The highest BCUT2D eigenvalue weighted by atomic mass is 127. The third-order valence-corrected chi connectivity index (χ3v) is 8.61. The van der Waals surface area contributed by atoms with Gasteiger partial charge in [0.1, 0.15) is 11.1 Å². The largest absolute Gasteiger partial charge is 0.222 e. The zero-order valence-electron chi connectivity index (χ0n) is 12.7. The highest BCUT2D eigenvalue weighted by molar-refractivity contribution is 14.1. The molecule has 0 saturated carbocycles. The number of rotatable bonds is 3.